The van der Waals surface area contributed by atoms with Crippen LogP contribution in [0.3, 0.4) is 0 Å². The number of carbonyl (C=O) groups is 2. The molecule has 1 aromatic carbocycles. The molecule has 1 saturated carbocycles. The van der Waals surface area contributed by atoms with E-state index in [0.717, 1.165) is 31.0 Å². The van der Waals surface area contributed by atoms with Gasteiger partial charge in [0.25, 0.3) is 0 Å². The zero-order valence-corrected chi connectivity index (χ0v) is 13.5. The first-order valence-corrected chi connectivity index (χ1v) is 8.08. The molecule has 1 aliphatic rings. The van der Waals surface area contributed by atoms with E-state index in [1.807, 2.05) is 0 Å². The number of carbonyl (C=O) groups excluding carboxylic acids is 2. The molecule has 24 heavy (non-hydrogen) atoms. The number of nitrogens with one attached hydrogen (secondary N) is 2. The smallest absolute Gasteiger partial charge is 0.242 e. The van der Waals surface area contributed by atoms with E-state index in [1.165, 1.54) is 6.92 Å². The number of hydrogen-bond acceptors (Lipinski definition) is 3. The number of hydrogen-bond donors (Lipinski definition) is 3. The molecule has 3 atom stereocenters. The van der Waals surface area contributed by atoms with Crippen molar-refractivity contribution in [3.8, 4) is 0 Å². The van der Waals surface area contributed by atoms with Gasteiger partial charge in [-0.25, -0.2) is 8.78 Å². The second-order valence-electron chi connectivity index (χ2n) is 6.21. The van der Waals surface area contributed by atoms with Gasteiger partial charge in [0.15, 0.2) is 0 Å². The first-order chi connectivity index (χ1) is 11.3. The van der Waals surface area contributed by atoms with Crippen molar-refractivity contribution in [3.63, 3.8) is 0 Å². The lowest BCUT2D eigenvalue weighted by Crippen LogP contribution is -2.52. The van der Waals surface area contributed by atoms with E-state index in [4.69, 9.17) is 0 Å². The summed E-state index contributed by atoms with van der Waals surface area (Å²) in [6.07, 6.45) is 2.43. The SMILES string of the molecule is C[C@H](NC(=O)Cc1cc(F)cc(F)c1)C(=O)NC1CCCCC1O. The molecule has 2 rings (SSSR count). The van der Waals surface area contributed by atoms with Crippen molar-refractivity contribution < 1.29 is 23.5 Å². The van der Waals surface area contributed by atoms with Crippen LogP contribution in [0.25, 0.3) is 0 Å². The van der Waals surface area contributed by atoms with Crippen LogP contribution in [0, 0.1) is 11.6 Å². The number of aliphatic hydroxyl groups is 1. The van der Waals surface area contributed by atoms with Crippen molar-refractivity contribution >= 4 is 11.8 Å². The summed E-state index contributed by atoms with van der Waals surface area (Å²) in [7, 11) is 0. The molecule has 0 heterocycles. The topological polar surface area (TPSA) is 78.4 Å². The quantitative estimate of drug-likeness (QED) is 0.759. The molecule has 132 valence electrons. The van der Waals surface area contributed by atoms with Gasteiger partial charge in [0, 0.05) is 6.07 Å². The van der Waals surface area contributed by atoms with Gasteiger partial charge in [-0.15, -0.1) is 0 Å². The summed E-state index contributed by atoms with van der Waals surface area (Å²) >= 11 is 0. The van der Waals surface area contributed by atoms with Crippen molar-refractivity contribution in [1.82, 2.24) is 10.6 Å². The minimum Gasteiger partial charge on any atom is -0.391 e. The predicted molar refractivity (Wildman–Crippen MR) is 84.1 cm³/mol. The molecule has 0 bridgehead atoms. The maximum Gasteiger partial charge on any atom is 0.242 e. The first kappa shape index (κ1) is 18.3. The summed E-state index contributed by atoms with van der Waals surface area (Å²) in [5.41, 5.74) is 0.195. The minimum absolute atomic E-state index is 0.195. The van der Waals surface area contributed by atoms with Gasteiger partial charge in [-0.05, 0) is 37.5 Å². The van der Waals surface area contributed by atoms with Crippen molar-refractivity contribution in [2.75, 3.05) is 0 Å². The molecule has 0 aliphatic heterocycles. The second kappa shape index (κ2) is 8.19. The average molecular weight is 340 g/mol. The van der Waals surface area contributed by atoms with Gasteiger partial charge in [0.1, 0.15) is 17.7 Å². The average Bonchev–Trinajstić information content (AvgIpc) is 2.48. The lowest BCUT2D eigenvalue weighted by Gasteiger charge is -2.29. The molecule has 1 aromatic rings. The van der Waals surface area contributed by atoms with Crippen molar-refractivity contribution in [3.05, 3.63) is 35.4 Å². The summed E-state index contributed by atoms with van der Waals surface area (Å²) < 4.78 is 26.2. The highest BCUT2D eigenvalue weighted by molar-refractivity contribution is 5.88. The highest BCUT2D eigenvalue weighted by Gasteiger charge is 2.26. The van der Waals surface area contributed by atoms with Crippen LogP contribution in [0.1, 0.15) is 38.2 Å². The summed E-state index contributed by atoms with van der Waals surface area (Å²) in [6, 6.07) is 1.78. The van der Waals surface area contributed by atoms with Crippen molar-refractivity contribution in [2.24, 2.45) is 0 Å². The Kier molecular flexibility index (Phi) is 6.25. The van der Waals surface area contributed by atoms with Crippen LogP contribution in [0.15, 0.2) is 18.2 Å². The molecule has 2 amide bonds. The third kappa shape index (κ3) is 5.26. The molecule has 1 aliphatic carbocycles. The van der Waals surface area contributed by atoms with Crippen LogP contribution < -0.4 is 10.6 Å². The van der Waals surface area contributed by atoms with E-state index in [0.29, 0.717) is 12.8 Å². The zero-order chi connectivity index (χ0) is 17.7. The van der Waals surface area contributed by atoms with Gasteiger partial charge in [-0.1, -0.05) is 12.8 Å². The van der Waals surface area contributed by atoms with Crippen LogP contribution >= 0.6 is 0 Å². The molecular weight excluding hydrogens is 318 g/mol. The molecule has 3 N–H and O–H groups in total. The Hall–Kier alpha value is -2.02. The molecule has 0 radical (unpaired) electrons. The molecule has 7 heteroatoms. The Morgan fingerprint density at radius 3 is 2.46 bits per heavy atom. The van der Waals surface area contributed by atoms with Gasteiger partial charge in [-0.3, -0.25) is 9.59 Å². The maximum absolute atomic E-state index is 13.1. The molecule has 0 aromatic heterocycles. The third-order valence-corrected chi connectivity index (χ3v) is 4.11. The van der Waals surface area contributed by atoms with Crippen LogP contribution in [-0.4, -0.2) is 35.1 Å². The molecule has 1 fully saturated rings. The van der Waals surface area contributed by atoms with Crippen LogP contribution in [-0.2, 0) is 16.0 Å². The van der Waals surface area contributed by atoms with Crippen LogP contribution in [0.4, 0.5) is 8.78 Å². The Bertz CT molecular complexity index is 589. The Morgan fingerprint density at radius 2 is 1.83 bits per heavy atom. The molecule has 0 spiro atoms. The van der Waals surface area contributed by atoms with Gasteiger partial charge in [0.2, 0.25) is 11.8 Å². The molecule has 2 unspecified atom stereocenters. The standard InChI is InChI=1S/C17H22F2N2O3/c1-10(17(24)21-14-4-2-3-5-15(14)22)20-16(23)8-11-6-12(18)9-13(19)7-11/h6-7,9-10,14-15,22H,2-5,8H2,1H3,(H,20,23)(H,21,24)/t10-,14?,15?/m0/s1. The Balaban J connectivity index is 1.85. The summed E-state index contributed by atoms with van der Waals surface area (Å²) in [5.74, 6) is -2.41. The summed E-state index contributed by atoms with van der Waals surface area (Å²) in [4.78, 5) is 24.0. The molecule has 5 nitrogen and oxygen atoms in total. The number of rotatable bonds is 5. The number of halogens is 2. The lowest BCUT2D eigenvalue weighted by atomic mass is 9.92. The zero-order valence-electron chi connectivity index (χ0n) is 13.5. The van der Waals surface area contributed by atoms with Gasteiger partial charge >= 0.3 is 0 Å². The molecule has 0 saturated heterocycles. The van der Waals surface area contributed by atoms with Crippen LogP contribution in [0.5, 0.6) is 0 Å². The number of benzene rings is 1. The van der Waals surface area contributed by atoms with E-state index in [-0.39, 0.29) is 23.9 Å². The third-order valence-electron chi connectivity index (χ3n) is 4.11. The van der Waals surface area contributed by atoms with Gasteiger partial charge < -0.3 is 15.7 Å². The summed E-state index contributed by atoms with van der Waals surface area (Å²) in [5, 5.41) is 15.1. The van der Waals surface area contributed by atoms with Crippen molar-refractivity contribution in [1.29, 1.82) is 0 Å². The normalized spacial score (nSPS) is 21.8. The lowest BCUT2D eigenvalue weighted by molar-refractivity contribution is -0.129. The largest absolute Gasteiger partial charge is 0.391 e. The fourth-order valence-corrected chi connectivity index (χ4v) is 2.84. The first-order valence-electron chi connectivity index (χ1n) is 8.08. The van der Waals surface area contributed by atoms with Crippen LogP contribution in [0.2, 0.25) is 0 Å². The van der Waals surface area contributed by atoms with E-state index < -0.39 is 29.7 Å². The number of amides is 2. The van der Waals surface area contributed by atoms with Crippen molar-refractivity contribution in [2.45, 2.75) is 57.2 Å². The fraction of sp³-hybridized carbons (Fsp3) is 0.529. The van der Waals surface area contributed by atoms with Gasteiger partial charge in [0.05, 0.1) is 18.6 Å². The maximum atomic E-state index is 13.1. The van der Waals surface area contributed by atoms with E-state index >= 15 is 0 Å². The Labute approximate surface area is 139 Å². The van der Waals surface area contributed by atoms with Gasteiger partial charge in [-0.2, -0.15) is 0 Å². The Morgan fingerprint density at radius 1 is 1.21 bits per heavy atom. The highest BCUT2D eigenvalue weighted by Crippen LogP contribution is 2.18. The second-order valence-corrected chi connectivity index (χ2v) is 6.21. The molecular formula is C17H22F2N2O3. The monoisotopic (exact) mass is 340 g/mol. The predicted octanol–water partition coefficient (Wildman–Crippen LogP) is 1.43. The minimum atomic E-state index is -0.801. The van der Waals surface area contributed by atoms with E-state index in [1.54, 1.807) is 0 Å². The van der Waals surface area contributed by atoms with E-state index in [9.17, 15) is 23.5 Å². The highest BCUT2D eigenvalue weighted by atomic mass is 19.1. The summed E-state index contributed by atoms with van der Waals surface area (Å²) in [6.45, 7) is 1.52. The fourth-order valence-electron chi connectivity index (χ4n) is 2.84. The van der Waals surface area contributed by atoms with E-state index in [2.05, 4.69) is 10.6 Å². The number of aliphatic hydroxyl groups excluding tert-OH is 1.